The third kappa shape index (κ3) is 3.20. The van der Waals surface area contributed by atoms with Crippen LogP contribution in [0.2, 0.25) is 0 Å². The highest BCUT2D eigenvalue weighted by atomic mass is 32.1. The molecule has 1 atom stereocenters. The fourth-order valence-electron chi connectivity index (χ4n) is 3.14. The van der Waals surface area contributed by atoms with Crippen molar-refractivity contribution in [3.05, 3.63) is 33.4 Å². The van der Waals surface area contributed by atoms with Gasteiger partial charge in [-0.05, 0) is 57.1 Å². The van der Waals surface area contributed by atoms with Gasteiger partial charge in [-0.15, -0.1) is 0 Å². The van der Waals surface area contributed by atoms with Crippen LogP contribution in [0.25, 0.3) is 10.2 Å². The molecule has 0 radical (unpaired) electrons. The van der Waals surface area contributed by atoms with Crippen LogP contribution in [0.15, 0.2) is 23.0 Å². The van der Waals surface area contributed by atoms with Crippen LogP contribution in [0.4, 0.5) is 0 Å². The Morgan fingerprint density at radius 1 is 1.38 bits per heavy atom. The number of hydrogen-bond acceptors (Lipinski definition) is 4. The summed E-state index contributed by atoms with van der Waals surface area (Å²) in [6.07, 6.45) is 3.75. The summed E-state index contributed by atoms with van der Waals surface area (Å²) in [5, 5.41) is 3.47. The van der Waals surface area contributed by atoms with Gasteiger partial charge >= 0.3 is 4.87 Å². The summed E-state index contributed by atoms with van der Waals surface area (Å²) in [6, 6.07) is 7.06. The van der Waals surface area contributed by atoms with E-state index in [4.69, 9.17) is 0 Å². The Morgan fingerprint density at radius 3 is 3.10 bits per heavy atom. The van der Waals surface area contributed by atoms with Gasteiger partial charge in [0.25, 0.3) is 0 Å². The lowest BCUT2D eigenvalue weighted by Crippen LogP contribution is -2.31. The Labute approximate surface area is 129 Å². The molecule has 1 aromatic carbocycles. The van der Waals surface area contributed by atoms with Crippen LogP contribution in [0, 0.1) is 0 Å². The SMILES string of the molecule is CN(Cc1ccc2c(c1)sc(=O)n2C)C1CCCNCC1. The summed E-state index contributed by atoms with van der Waals surface area (Å²) < 4.78 is 2.82. The van der Waals surface area contributed by atoms with E-state index in [1.54, 1.807) is 4.57 Å². The third-order valence-corrected chi connectivity index (χ3v) is 5.45. The van der Waals surface area contributed by atoms with Gasteiger partial charge in [0.15, 0.2) is 0 Å². The van der Waals surface area contributed by atoms with Gasteiger partial charge in [-0.2, -0.15) is 0 Å². The highest BCUT2D eigenvalue weighted by Gasteiger charge is 2.17. The van der Waals surface area contributed by atoms with Crippen molar-refractivity contribution in [1.29, 1.82) is 0 Å². The molecule has 1 aromatic heterocycles. The molecule has 0 amide bonds. The monoisotopic (exact) mass is 305 g/mol. The second-order valence-corrected chi connectivity index (χ2v) is 6.97. The molecule has 1 aliphatic heterocycles. The Kier molecular flexibility index (Phi) is 4.42. The van der Waals surface area contributed by atoms with E-state index in [-0.39, 0.29) is 4.87 Å². The molecule has 4 nitrogen and oxygen atoms in total. The molecular weight excluding hydrogens is 282 g/mol. The predicted molar refractivity (Wildman–Crippen MR) is 89.0 cm³/mol. The summed E-state index contributed by atoms with van der Waals surface area (Å²) >= 11 is 1.34. The number of aryl methyl sites for hydroxylation is 1. The van der Waals surface area contributed by atoms with Gasteiger partial charge in [0, 0.05) is 19.6 Å². The van der Waals surface area contributed by atoms with Crippen molar-refractivity contribution in [2.75, 3.05) is 20.1 Å². The van der Waals surface area contributed by atoms with Crippen LogP contribution in [-0.4, -0.2) is 35.6 Å². The van der Waals surface area contributed by atoms with Gasteiger partial charge in [-0.25, -0.2) is 0 Å². The van der Waals surface area contributed by atoms with E-state index in [2.05, 4.69) is 35.5 Å². The van der Waals surface area contributed by atoms with Gasteiger partial charge in [-0.3, -0.25) is 9.69 Å². The molecule has 0 saturated carbocycles. The largest absolute Gasteiger partial charge is 0.317 e. The lowest BCUT2D eigenvalue weighted by atomic mass is 10.1. The molecule has 114 valence electrons. The van der Waals surface area contributed by atoms with Crippen molar-refractivity contribution >= 4 is 21.6 Å². The molecule has 0 bridgehead atoms. The van der Waals surface area contributed by atoms with Crippen LogP contribution in [-0.2, 0) is 13.6 Å². The first-order valence-electron chi connectivity index (χ1n) is 7.64. The molecule has 5 heteroatoms. The van der Waals surface area contributed by atoms with Crippen LogP contribution >= 0.6 is 11.3 Å². The quantitative estimate of drug-likeness (QED) is 0.944. The molecule has 0 aliphatic carbocycles. The lowest BCUT2D eigenvalue weighted by molar-refractivity contribution is 0.216. The number of aromatic nitrogens is 1. The number of nitrogens with one attached hydrogen (secondary N) is 1. The maximum absolute atomic E-state index is 11.7. The zero-order valence-corrected chi connectivity index (χ0v) is 13.6. The van der Waals surface area contributed by atoms with Gasteiger partial charge in [0.1, 0.15) is 0 Å². The van der Waals surface area contributed by atoms with Crippen LogP contribution in [0.1, 0.15) is 24.8 Å². The Morgan fingerprint density at radius 2 is 2.24 bits per heavy atom. The standard InChI is InChI=1S/C16H23N3OS/c1-18(13-4-3-8-17-9-7-13)11-12-5-6-14-15(10-12)21-16(20)19(14)2/h5-6,10,13,17H,3-4,7-9,11H2,1-2H3. The van der Waals surface area contributed by atoms with E-state index in [1.165, 1.54) is 36.2 Å². The molecule has 1 N–H and O–H groups in total. The minimum Gasteiger partial charge on any atom is -0.317 e. The Hall–Kier alpha value is -1.17. The molecule has 21 heavy (non-hydrogen) atoms. The summed E-state index contributed by atoms with van der Waals surface area (Å²) in [5.74, 6) is 0. The topological polar surface area (TPSA) is 37.3 Å². The van der Waals surface area contributed by atoms with E-state index >= 15 is 0 Å². The number of benzene rings is 1. The molecule has 2 aromatic rings. The van der Waals surface area contributed by atoms with Gasteiger partial charge in [0.2, 0.25) is 0 Å². The zero-order valence-electron chi connectivity index (χ0n) is 12.8. The first kappa shape index (κ1) is 14.8. The van der Waals surface area contributed by atoms with E-state index in [1.807, 2.05) is 7.05 Å². The molecule has 0 spiro atoms. The summed E-state index contributed by atoms with van der Waals surface area (Å²) in [6.45, 7) is 3.22. The minimum atomic E-state index is 0.116. The molecule has 2 heterocycles. The smallest absolute Gasteiger partial charge is 0.307 e. The molecule has 1 saturated heterocycles. The number of rotatable bonds is 3. The van der Waals surface area contributed by atoms with Gasteiger partial charge < -0.3 is 9.88 Å². The second kappa shape index (κ2) is 6.30. The Bertz CT molecular complexity index is 668. The summed E-state index contributed by atoms with van der Waals surface area (Å²) in [5.41, 5.74) is 2.33. The summed E-state index contributed by atoms with van der Waals surface area (Å²) in [7, 11) is 4.05. The van der Waals surface area contributed by atoms with E-state index in [0.717, 1.165) is 29.9 Å². The van der Waals surface area contributed by atoms with Crippen molar-refractivity contribution in [3.63, 3.8) is 0 Å². The normalized spacial score (nSPS) is 20.0. The fourth-order valence-corrected chi connectivity index (χ4v) is 4.08. The highest BCUT2D eigenvalue weighted by molar-refractivity contribution is 7.16. The van der Waals surface area contributed by atoms with Crippen molar-refractivity contribution < 1.29 is 0 Å². The molecule has 1 fully saturated rings. The van der Waals surface area contributed by atoms with Crippen LogP contribution in [0.5, 0.6) is 0 Å². The van der Waals surface area contributed by atoms with E-state index in [9.17, 15) is 4.79 Å². The average Bonchev–Trinajstić information content (AvgIpc) is 2.68. The lowest BCUT2D eigenvalue weighted by Gasteiger charge is -2.26. The number of fused-ring (bicyclic) bond motifs is 1. The molecular formula is C16H23N3OS. The first-order chi connectivity index (χ1) is 10.1. The first-order valence-corrected chi connectivity index (χ1v) is 8.46. The van der Waals surface area contributed by atoms with Crippen LogP contribution < -0.4 is 10.2 Å². The van der Waals surface area contributed by atoms with Crippen LogP contribution in [0.3, 0.4) is 0 Å². The van der Waals surface area contributed by atoms with Gasteiger partial charge in [0.05, 0.1) is 10.2 Å². The van der Waals surface area contributed by atoms with Crippen molar-refractivity contribution in [1.82, 2.24) is 14.8 Å². The minimum absolute atomic E-state index is 0.116. The highest BCUT2D eigenvalue weighted by Crippen LogP contribution is 2.21. The fraction of sp³-hybridized carbons (Fsp3) is 0.562. The summed E-state index contributed by atoms with van der Waals surface area (Å²) in [4.78, 5) is 14.3. The predicted octanol–water partition coefficient (Wildman–Crippen LogP) is 2.17. The number of nitrogens with zero attached hydrogens (tertiary/aromatic N) is 2. The molecule has 1 aliphatic rings. The molecule has 3 rings (SSSR count). The van der Waals surface area contributed by atoms with E-state index < -0.39 is 0 Å². The third-order valence-electron chi connectivity index (χ3n) is 4.46. The maximum atomic E-state index is 11.7. The maximum Gasteiger partial charge on any atom is 0.307 e. The average molecular weight is 305 g/mol. The van der Waals surface area contributed by atoms with Crippen molar-refractivity contribution in [3.8, 4) is 0 Å². The second-order valence-electron chi connectivity index (χ2n) is 5.98. The number of thiazole rings is 1. The zero-order chi connectivity index (χ0) is 14.8. The van der Waals surface area contributed by atoms with Crippen molar-refractivity contribution in [2.24, 2.45) is 7.05 Å². The molecule has 1 unspecified atom stereocenters. The van der Waals surface area contributed by atoms with Crippen molar-refractivity contribution in [2.45, 2.75) is 31.8 Å². The van der Waals surface area contributed by atoms with E-state index in [0.29, 0.717) is 6.04 Å². The van der Waals surface area contributed by atoms with Gasteiger partial charge in [-0.1, -0.05) is 17.4 Å². The number of hydrogen-bond donors (Lipinski definition) is 1. The Balaban J connectivity index is 1.76.